The van der Waals surface area contributed by atoms with Crippen LogP contribution in [0.15, 0.2) is 60.8 Å². The Hall–Kier alpha value is -2.20. The van der Waals surface area contributed by atoms with Crippen molar-refractivity contribution >= 4 is 16.4 Å². The maximum absolute atomic E-state index is 12.9. The average molecular weight is 969 g/mol. The maximum Gasteiger partial charge on any atom is 0.397 e. The molecule has 1 fully saturated rings. The molecule has 0 aromatic heterocycles. The fraction of sp³-hybridized carbons (Fsp3) is 0.796. The largest absolute Gasteiger partial charge is 0.457 e. The highest BCUT2D eigenvalue weighted by Gasteiger charge is 2.48. The van der Waals surface area contributed by atoms with Gasteiger partial charge in [-0.25, -0.2) is 4.18 Å². The molecule has 0 aromatic carbocycles. The van der Waals surface area contributed by atoms with Crippen LogP contribution in [-0.4, -0.2) is 97.5 Å². The maximum atomic E-state index is 12.9. The Morgan fingerprint density at radius 1 is 0.582 bits per heavy atom. The van der Waals surface area contributed by atoms with E-state index >= 15 is 0 Å². The minimum atomic E-state index is -5.07. The number of hydrogen-bond donors (Lipinski definition) is 4. The monoisotopic (exact) mass is 969 g/mol. The second-order valence-corrected chi connectivity index (χ2v) is 19.1. The first kappa shape index (κ1) is 62.8. The zero-order valence-corrected chi connectivity index (χ0v) is 42.8. The van der Waals surface area contributed by atoms with Crippen LogP contribution in [0.3, 0.4) is 0 Å². The summed E-state index contributed by atoms with van der Waals surface area (Å²) in [5.41, 5.74) is 0. The summed E-state index contributed by atoms with van der Waals surface area (Å²) in [5.74, 6) is -0.401. The molecule has 0 aliphatic carbocycles. The molecule has 0 aromatic rings. The van der Waals surface area contributed by atoms with Gasteiger partial charge < -0.3 is 34.3 Å². The minimum absolute atomic E-state index is 0.0302. The molecule has 1 saturated heterocycles. The first-order valence-electron chi connectivity index (χ1n) is 26.5. The molecule has 0 spiro atoms. The summed E-state index contributed by atoms with van der Waals surface area (Å²) in [7, 11) is -5.07. The molecule has 0 saturated carbocycles. The van der Waals surface area contributed by atoms with Gasteiger partial charge in [-0.15, -0.1) is 0 Å². The second kappa shape index (κ2) is 45.0. The van der Waals surface area contributed by atoms with Crippen molar-refractivity contribution in [1.82, 2.24) is 0 Å². The SMILES string of the molecule is CC/C=C\C/C=C\C/C=C\C/C=C\C/C=C\CCCCCCCCCCOCC(COC1OC(CO)C(O)C(OS(=O)(=O)O)C1O)OC(=O)CCCCCCCCCCCCCCCCCC. The molecule has 1 aliphatic heterocycles. The first-order chi connectivity index (χ1) is 32.6. The van der Waals surface area contributed by atoms with Crippen LogP contribution in [0.2, 0.25) is 0 Å². The second-order valence-electron chi connectivity index (χ2n) is 18.1. The molecule has 6 unspecified atom stereocenters. The van der Waals surface area contributed by atoms with E-state index in [-0.39, 0.29) is 19.6 Å². The quantitative estimate of drug-likeness (QED) is 0.0197. The van der Waals surface area contributed by atoms with Crippen LogP contribution in [0.1, 0.15) is 213 Å². The molecule has 1 aliphatic rings. The number of rotatable bonds is 46. The molecular weight excluding hydrogens is 873 g/mol. The molecule has 12 nitrogen and oxygen atoms in total. The Labute approximate surface area is 408 Å². The van der Waals surface area contributed by atoms with Gasteiger partial charge in [-0.3, -0.25) is 9.35 Å². The van der Waals surface area contributed by atoms with E-state index in [9.17, 15) is 33.1 Å². The Morgan fingerprint density at radius 3 is 1.51 bits per heavy atom. The summed E-state index contributed by atoms with van der Waals surface area (Å²) >= 11 is 0. The van der Waals surface area contributed by atoms with E-state index in [1.54, 1.807) is 0 Å². The fourth-order valence-electron chi connectivity index (χ4n) is 7.94. The number of hydrogen-bond acceptors (Lipinski definition) is 11. The van der Waals surface area contributed by atoms with E-state index in [1.807, 2.05) is 0 Å². The normalized spacial score (nSPS) is 19.9. The standard InChI is InChI=1S/C54H96O12S/c1-3-5-7-9-11-13-15-17-19-21-22-23-24-25-26-27-28-30-32-34-36-38-40-42-44-62-46-48(47-63-54-52(58)53(66-67(59,60)61)51(57)49(45-55)65-54)64-50(56)43-41-39-37-35-33-31-29-20-18-16-14-12-10-8-6-4-2/h5,7,11,13,17,19,22-23,25-26,48-49,51-55,57-58H,3-4,6,8-10,12,14-16,18,20-21,24,27-47H2,1-2H3,(H,59,60,61)/b7-5-,13-11-,19-17-,23-22-,26-25-. The molecule has 1 heterocycles. The Morgan fingerprint density at radius 2 is 1.03 bits per heavy atom. The summed E-state index contributed by atoms with van der Waals surface area (Å²) in [5, 5.41) is 30.8. The minimum Gasteiger partial charge on any atom is -0.457 e. The summed E-state index contributed by atoms with van der Waals surface area (Å²) in [6.07, 6.45) is 48.2. The molecule has 0 bridgehead atoms. The Kier molecular flexibility index (Phi) is 42.2. The summed E-state index contributed by atoms with van der Waals surface area (Å²) in [4.78, 5) is 12.9. The van der Waals surface area contributed by atoms with Crippen LogP contribution in [0, 0.1) is 0 Å². The van der Waals surface area contributed by atoms with Crippen molar-refractivity contribution in [3.63, 3.8) is 0 Å². The molecule has 6 atom stereocenters. The number of esters is 1. The lowest BCUT2D eigenvalue weighted by Gasteiger charge is -2.41. The number of carbonyl (C=O) groups excluding carboxylic acids is 1. The fourth-order valence-corrected chi connectivity index (χ4v) is 8.44. The molecule has 67 heavy (non-hydrogen) atoms. The number of aliphatic hydroxyl groups is 3. The van der Waals surface area contributed by atoms with Crippen LogP contribution >= 0.6 is 0 Å². The molecule has 13 heteroatoms. The highest BCUT2D eigenvalue weighted by atomic mass is 32.3. The molecule has 4 N–H and O–H groups in total. The van der Waals surface area contributed by atoms with Gasteiger partial charge in [0.1, 0.15) is 30.5 Å². The van der Waals surface area contributed by atoms with Crippen molar-refractivity contribution in [2.75, 3.05) is 26.4 Å². The van der Waals surface area contributed by atoms with Gasteiger partial charge >= 0.3 is 16.4 Å². The number of allylic oxidation sites excluding steroid dienone is 10. The molecule has 390 valence electrons. The lowest BCUT2D eigenvalue weighted by molar-refractivity contribution is -0.301. The van der Waals surface area contributed by atoms with Crippen LogP contribution < -0.4 is 0 Å². The summed E-state index contributed by atoms with van der Waals surface area (Å²) in [6.45, 7) is 3.88. The van der Waals surface area contributed by atoms with Crippen molar-refractivity contribution in [3.8, 4) is 0 Å². The molecule has 0 radical (unpaired) electrons. The number of aliphatic hydroxyl groups excluding tert-OH is 3. The topological polar surface area (TPSA) is 178 Å². The smallest absolute Gasteiger partial charge is 0.397 e. The number of unbranched alkanes of at least 4 members (excludes halogenated alkanes) is 23. The predicted molar refractivity (Wildman–Crippen MR) is 271 cm³/mol. The first-order valence-corrected chi connectivity index (χ1v) is 27.9. The number of carbonyl (C=O) groups is 1. The zero-order valence-electron chi connectivity index (χ0n) is 41.9. The van der Waals surface area contributed by atoms with Crippen LogP contribution in [0.25, 0.3) is 0 Å². The Balaban J connectivity index is 2.34. The van der Waals surface area contributed by atoms with Gasteiger partial charge in [0, 0.05) is 13.0 Å². The van der Waals surface area contributed by atoms with Gasteiger partial charge in [0.25, 0.3) is 0 Å². The van der Waals surface area contributed by atoms with Gasteiger partial charge in [-0.1, -0.05) is 209 Å². The van der Waals surface area contributed by atoms with Gasteiger partial charge in [-0.05, 0) is 57.8 Å². The average Bonchev–Trinajstić information content (AvgIpc) is 3.30. The van der Waals surface area contributed by atoms with Crippen LogP contribution in [0.5, 0.6) is 0 Å². The van der Waals surface area contributed by atoms with E-state index in [1.165, 1.54) is 109 Å². The summed E-state index contributed by atoms with van der Waals surface area (Å²) in [6, 6.07) is 0. The van der Waals surface area contributed by atoms with E-state index < -0.39 is 59.8 Å². The summed E-state index contributed by atoms with van der Waals surface area (Å²) < 4.78 is 59.3. The van der Waals surface area contributed by atoms with E-state index in [4.69, 9.17) is 18.9 Å². The third-order valence-corrected chi connectivity index (χ3v) is 12.4. The van der Waals surface area contributed by atoms with Crippen LogP contribution in [-0.2, 0) is 38.3 Å². The molecular formula is C54H96O12S. The van der Waals surface area contributed by atoms with E-state index in [2.05, 4.69) is 78.8 Å². The lowest BCUT2D eigenvalue weighted by atomic mass is 9.99. The van der Waals surface area contributed by atoms with E-state index in [0.717, 1.165) is 77.0 Å². The Bertz CT molecular complexity index is 1400. The highest BCUT2D eigenvalue weighted by Crippen LogP contribution is 2.26. The van der Waals surface area contributed by atoms with Crippen molar-refractivity contribution in [2.45, 2.75) is 250 Å². The molecule has 0 amide bonds. The lowest BCUT2D eigenvalue weighted by Crippen LogP contribution is -2.60. The van der Waals surface area contributed by atoms with Crippen molar-refractivity contribution in [1.29, 1.82) is 0 Å². The molecule has 1 rings (SSSR count). The van der Waals surface area contributed by atoms with Crippen molar-refractivity contribution < 1.29 is 56.2 Å². The number of ether oxygens (including phenoxy) is 4. The van der Waals surface area contributed by atoms with E-state index in [0.29, 0.717) is 13.0 Å². The zero-order chi connectivity index (χ0) is 48.9. The van der Waals surface area contributed by atoms with Gasteiger partial charge in [0.15, 0.2) is 6.29 Å². The van der Waals surface area contributed by atoms with Gasteiger partial charge in [-0.2, -0.15) is 8.42 Å². The van der Waals surface area contributed by atoms with Gasteiger partial charge in [0.2, 0.25) is 0 Å². The third kappa shape index (κ3) is 38.3. The highest BCUT2D eigenvalue weighted by molar-refractivity contribution is 7.80. The van der Waals surface area contributed by atoms with Gasteiger partial charge in [0.05, 0.1) is 19.8 Å². The van der Waals surface area contributed by atoms with Crippen molar-refractivity contribution in [3.05, 3.63) is 60.8 Å². The third-order valence-electron chi connectivity index (χ3n) is 11.9. The van der Waals surface area contributed by atoms with Crippen LogP contribution in [0.4, 0.5) is 0 Å². The predicted octanol–water partition coefficient (Wildman–Crippen LogP) is 12.5. The van der Waals surface area contributed by atoms with Crippen molar-refractivity contribution in [2.24, 2.45) is 0 Å².